The van der Waals surface area contributed by atoms with Crippen molar-refractivity contribution in [3.8, 4) is 5.82 Å². The summed E-state index contributed by atoms with van der Waals surface area (Å²) in [7, 11) is 0. The van der Waals surface area contributed by atoms with Gasteiger partial charge in [0.2, 0.25) is 5.91 Å². The van der Waals surface area contributed by atoms with Crippen LogP contribution in [-0.2, 0) is 11.3 Å². The SMILES string of the molecule is Cc1cc(C(=O)CCC(=O)NCc2ccc(-n3cncn3)nc2)c(C)s1. The summed E-state index contributed by atoms with van der Waals surface area (Å²) in [4.78, 5) is 34.5. The van der Waals surface area contributed by atoms with Crippen molar-refractivity contribution in [2.24, 2.45) is 0 Å². The lowest BCUT2D eigenvalue weighted by Gasteiger charge is -2.06. The van der Waals surface area contributed by atoms with E-state index in [1.54, 1.807) is 34.6 Å². The zero-order valence-electron chi connectivity index (χ0n) is 14.6. The number of pyridine rings is 1. The third-order valence-corrected chi connectivity index (χ3v) is 4.84. The fourth-order valence-electron chi connectivity index (χ4n) is 2.54. The van der Waals surface area contributed by atoms with Gasteiger partial charge in [0, 0.05) is 40.9 Å². The van der Waals surface area contributed by atoms with Crippen molar-refractivity contribution in [3.63, 3.8) is 0 Å². The number of hydrogen-bond donors (Lipinski definition) is 1. The third-order valence-electron chi connectivity index (χ3n) is 3.87. The molecule has 3 rings (SSSR count). The minimum atomic E-state index is -0.150. The van der Waals surface area contributed by atoms with Gasteiger partial charge in [0.05, 0.1) is 0 Å². The first-order valence-corrected chi connectivity index (χ1v) is 9.01. The summed E-state index contributed by atoms with van der Waals surface area (Å²) in [5, 5.41) is 6.82. The van der Waals surface area contributed by atoms with Gasteiger partial charge in [-0.1, -0.05) is 6.07 Å². The number of amides is 1. The van der Waals surface area contributed by atoms with E-state index in [4.69, 9.17) is 0 Å². The third kappa shape index (κ3) is 4.40. The highest BCUT2D eigenvalue weighted by Crippen LogP contribution is 2.22. The fraction of sp³-hybridized carbons (Fsp3) is 0.278. The average molecular weight is 369 g/mol. The quantitative estimate of drug-likeness (QED) is 0.647. The van der Waals surface area contributed by atoms with Gasteiger partial charge in [-0.3, -0.25) is 9.59 Å². The number of rotatable bonds is 7. The Morgan fingerprint density at radius 3 is 2.69 bits per heavy atom. The van der Waals surface area contributed by atoms with E-state index in [9.17, 15) is 9.59 Å². The van der Waals surface area contributed by atoms with Crippen LogP contribution in [0.25, 0.3) is 5.82 Å². The maximum absolute atomic E-state index is 12.2. The highest BCUT2D eigenvalue weighted by Gasteiger charge is 2.13. The second-order valence-corrected chi connectivity index (χ2v) is 7.35. The normalized spacial score (nSPS) is 10.7. The maximum atomic E-state index is 12.2. The van der Waals surface area contributed by atoms with E-state index >= 15 is 0 Å². The van der Waals surface area contributed by atoms with E-state index in [2.05, 4.69) is 20.4 Å². The molecule has 3 aromatic heterocycles. The molecule has 0 atom stereocenters. The molecule has 26 heavy (non-hydrogen) atoms. The lowest BCUT2D eigenvalue weighted by atomic mass is 10.1. The Hall–Kier alpha value is -2.87. The van der Waals surface area contributed by atoms with Crippen LogP contribution in [0.3, 0.4) is 0 Å². The van der Waals surface area contributed by atoms with Gasteiger partial charge in [0.1, 0.15) is 12.7 Å². The van der Waals surface area contributed by atoms with Crippen LogP contribution in [-0.4, -0.2) is 31.4 Å². The predicted molar refractivity (Wildman–Crippen MR) is 98.4 cm³/mol. The number of nitrogens with one attached hydrogen (secondary N) is 1. The van der Waals surface area contributed by atoms with Crippen LogP contribution in [0.5, 0.6) is 0 Å². The van der Waals surface area contributed by atoms with Gasteiger partial charge in [-0.15, -0.1) is 11.3 Å². The van der Waals surface area contributed by atoms with Crippen molar-refractivity contribution in [1.82, 2.24) is 25.1 Å². The summed E-state index contributed by atoms with van der Waals surface area (Å²) in [5.41, 5.74) is 1.60. The van der Waals surface area contributed by atoms with Gasteiger partial charge in [0.25, 0.3) is 0 Å². The molecule has 134 valence electrons. The van der Waals surface area contributed by atoms with Crippen LogP contribution in [0.15, 0.2) is 37.1 Å². The molecule has 3 heterocycles. The molecule has 0 aliphatic heterocycles. The van der Waals surface area contributed by atoms with Crippen LogP contribution in [0, 0.1) is 13.8 Å². The standard InChI is InChI=1S/C18H19N5O2S/c1-12-7-15(13(2)26-12)16(24)4-6-18(25)21-9-14-3-5-17(20-8-14)23-11-19-10-22-23/h3,5,7-8,10-11H,4,6,9H2,1-2H3,(H,21,25). The van der Waals surface area contributed by atoms with Gasteiger partial charge in [-0.2, -0.15) is 5.10 Å². The second kappa shape index (κ2) is 8.01. The zero-order valence-corrected chi connectivity index (χ0v) is 15.4. The zero-order chi connectivity index (χ0) is 18.5. The molecule has 1 amide bonds. The molecular formula is C18H19N5O2S. The average Bonchev–Trinajstić information content (AvgIpc) is 3.28. The number of carbonyl (C=O) groups excluding carboxylic acids is 2. The number of carbonyl (C=O) groups is 2. The molecule has 0 aliphatic rings. The summed E-state index contributed by atoms with van der Waals surface area (Å²) in [6, 6.07) is 5.57. The summed E-state index contributed by atoms with van der Waals surface area (Å²) < 4.78 is 1.56. The number of Topliss-reactive ketones (excluding diaryl/α,β-unsaturated/α-hetero) is 1. The van der Waals surface area contributed by atoms with Gasteiger partial charge in [-0.05, 0) is 31.5 Å². The van der Waals surface area contributed by atoms with E-state index in [0.29, 0.717) is 12.4 Å². The number of thiophene rings is 1. The van der Waals surface area contributed by atoms with Crippen molar-refractivity contribution in [2.75, 3.05) is 0 Å². The molecule has 1 N–H and O–H groups in total. The Kier molecular flexibility index (Phi) is 5.52. The largest absolute Gasteiger partial charge is 0.352 e. The molecule has 0 fully saturated rings. The first-order chi connectivity index (χ1) is 12.5. The van der Waals surface area contributed by atoms with E-state index in [0.717, 1.165) is 20.9 Å². The Morgan fingerprint density at radius 1 is 1.23 bits per heavy atom. The molecule has 0 aliphatic carbocycles. The maximum Gasteiger partial charge on any atom is 0.220 e. The van der Waals surface area contributed by atoms with Crippen molar-refractivity contribution in [1.29, 1.82) is 0 Å². The van der Waals surface area contributed by atoms with Crippen molar-refractivity contribution >= 4 is 23.0 Å². The van der Waals surface area contributed by atoms with Gasteiger partial charge < -0.3 is 5.32 Å². The Labute approximate surface area is 155 Å². The molecule has 8 heteroatoms. The lowest BCUT2D eigenvalue weighted by Crippen LogP contribution is -2.23. The van der Waals surface area contributed by atoms with Gasteiger partial charge in [0.15, 0.2) is 11.6 Å². The first-order valence-electron chi connectivity index (χ1n) is 8.20. The Morgan fingerprint density at radius 2 is 2.08 bits per heavy atom. The molecule has 7 nitrogen and oxygen atoms in total. The first kappa shape index (κ1) is 17.9. The van der Waals surface area contributed by atoms with E-state index in [1.165, 1.54) is 6.33 Å². The minimum Gasteiger partial charge on any atom is -0.352 e. The summed E-state index contributed by atoms with van der Waals surface area (Å²) in [6.45, 7) is 4.28. The smallest absolute Gasteiger partial charge is 0.220 e. The molecule has 0 saturated heterocycles. The van der Waals surface area contributed by atoms with Crippen molar-refractivity contribution in [2.45, 2.75) is 33.2 Å². The number of aromatic nitrogens is 4. The van der Waals surface area contributed by atoms with E-state index < -0.39 is 0 Å². The Bertz CT molecular complexity index is 900. The fourth-order valence-corrected chi connectivity index (χ4v) is 3.48. The number of ketones is 1. The number of hydrogen-bond acceptors (Lipinski definition) is 6. The molecule has 0 saturated carbocycles. The monoisotopic (exact) mass is 369 g/mol. The molecule has 0 unspecified atom stereocenters. The summed E-state index contributed by atoms with van der Waals surface area (Å²) >= 11 is 1.60. The van der Waals surface area contributed by atoms with Gasteiger partial charge in [-0.25, -0.2) is 14.6 Å². The highest BCUT2D eigenvalue weighted by atomic mass is 32.1. The lowest BCUT2D eigenvalue weighted by molar-refractivity contribution is -0.121. The molecule has 0 radical (unpaired) electrons. The van der Waals surface area contributed by atoms with Crippen LogP contribution < -0.4 is 5.32 Å². The summed E-state index contributed by atoms with van der Waals surface area (Å²) in [6.07, 6.45) is 5.08. The molecule has 0 bridgehead atoms. The van der Waals surface area contributed by atoms with Crippen molar-refractivity contribution < 1.29 is 9.59 Å². The topological polar surface area (TPSA) is 89.8 Å². The predicted octanol–water partition coefficient (Wildman–Crippen LogP) is 2.62. The molecule has 3 aromatic rings. The highest BCUT2D eigenvalue weighted by molar-refractivity contribution is 7.12. The van der Waals surface area contributed by atoms with Gasteiger partial charge >= 0.3 is 0 Å². The Balaban J connectivity index is 1.46. The number of aryl methyl sites for hydroxylation is 2. The van der Waals surface area contributed by atoms with Crippen LogP contribution in [0.4, 0.5) is 0 Å². The van der Waals surface area contributed by atoms with E-state index in [-0.39, 0.29) is 24.5 Å². The summed E-state index contributed by atoms with van der Waals surface area (Å²) in [5.74, 6) is 0.522. The van der Waals surface area contributed by atoms with Crippen LogP contribution >= 0.6 is 11.3 Å². The molecular weight excluding hydrogens is 350 g/mol. The number of nitrogens with zero attached hydrogens (tertiary/aromatic N) is 4. The van der Waals surface area contributed by atoms with Crippen LogP contribution in [0.2, 0.25) is 0 Å². The molecule has 0 spiro atoms. The second-order valence-electron chi connectivity index (χ2n) is 5.89. The van der Waals surface area contributed by atoms with E-state index in [1.807, 2.05) is 26.0 Å². The molecule has 0 aromatic carbocycles. The minimum absolute atomic E-state index is 0.0147. The van der Waals surface area contributed by atoms with Crippen molar-refractivity contribution in [3.05, 3.63) is 57.9 Å². The van der Waals surface area contributed by atoms with Crippen LogP contribution in [0.1, 0.15) is 38.5 Å².